The fourth-order valence-electron chi connectivity index (χ4n) is 2.89. The van der Waals surface area contributed by atoms with Gasteiger partial charge >= 0.3 is 0 Å². The standard InChI is InChI=1S/C14H22N4OS/c1-10(20-2)14(19)17-7-5-11(6-8-17)13-16-15-9-18(13)12-3-4-12/h9-12H,3-8H2,1-2H3/t10-/m1/s1. The third-order valence-corrected chi connectivity index (χ3v) is 5.32. The molecule has 0 bridgehead atoms. The average Bonchev–Trinajstić information content (AvgIpc) is 3.23. The molecule has 1 aliphatic heterocycles. The molecule has 0 N–H and O–H groups in total. The molecule has 3 rings (SSSR count). The van der Waals surface area contributed by atoms with Gasteiger partial charge in [-0.2, -0.15) is 11.8 Å². The van der Waals surface area contributed by atoms with E-state index in [1.54, 1.807) is 11.8 Å². The van der Waals surface area contributed by atoms with Gasteiger partial charge in [0.25, 0.3) is 0 Å². The molecule has 0 spiro atoms. The molecule has 2 fully saturated rings. The van der Waals surface area contributed by atoms with E-state index < -0.39 is 0 Å². The lowest BCUT2D eigenvalue weighted by molar-refractivity contribution is -0.131. The van der Waals surface area contributed by atoms with Gasteiger partial charge < -0.3 is 9.47 Å². The highest BCUT2D eigenvalue weighted by Crippen LogP contribution is 2.38. The van der Waals surface area contributed by atoms with E-state index in [-0.39, 0.29) is 11.2 Å². The van der Waals surface area contributed by atoms with Crippen LogP contribution in [-0.4, -0.2) is 50.2 Å². The van der Waals surface area contributed by atoms with Crippen LogP contribution in [0.3, 0.4) is 0 Å². The van der Waals surface area contributed by atoms with E-state index in [4.69, 9.17) is 0 Å². The van der Waals surface area contributed by atoms with Gasteiger partial charge in [-0.1, -0.05) is 0 Å². The quantitative estimate of drug-likeness (QED) is 0.853. The van der Waals surface area contributed by atoms with Crippen molar-refractivity contribution in [3.63, 3.8) is 0 Å². The molecule has 1 saturated carbocycles. The van der Waals surface area contributed by atoms with E-state index in [0.717, 1.165) is 31.8 Å². The highest BCUT2D eigenvalue weighted by atomic mass is 32.2. The zero-order valence-electron chi connectivity index (χ0n) is 12.2. The van der Waals surface area contributed by atoms with Crippen molar-refractivity contribution < 1.29 is 4.79 Å². The first-order valence-electron chi connectivity index (χ1n) is 7.41. The topological polar surface area (TPSA) is 51.0 Å². The zero-order valence-corrected chi connectivity index (χ0v) is 13.0. The summed E-state index contributed by atoms with van der Waals surface area (Å²) < 4.78 is 2.26. The van der Waals surface area contributed by atoms with Crippen LogP contribution in [0, 0.1) is 0 Å². The van der Waals surface area contributed by atoms with Crippen molar-refractivity contribution in [3.05, 3.63) is 12.2 Å². The first-order chi connectivity index (χ1) is 9.70. The molecule has 0 aromatic carbocycles. The minimum Gasteiger partial charge on any atom is -0.342 e. The molecule has 1 amide bonds. The van der Waals surface area contributed by atoms with Crippen molar-refractivity contribution in [3.8, 4) is 0 Å². The Balaban J connectivity index is 1.61. The molecule has 1 saturated heterocycles. The van der Waals surface area contributed by atoms with E-state index in [0.29, 0.717) is 12.0 Å². The van der Waals surface area contributed by atoms with Gasteiger partial charge in [-0.25, -0.2) is 0 Å². The molecular formula is C14H22N4OS. The van der Waals surface area contributed by atoms with Crippen LogP contribution >= 0.6 is 11.8 Å². The Morgan fingerprint density at radius 3 is 2.65 bits per heavy atom. The van der Waals surface area contributed by atoms with Crippen LogP contribution in [0.25, 0.3) is 0 Å². The summed E-state index contributed by atoms with van der Waals surface area (Å²) in [4.78, 5) is 14.2. The molecule has 1 aromatic heterocycles. The SMILES string of the molecule is CS[C@H](C)C(=O)N1CCC(c2nncn2C2CC2)CC1. The van der Waals surface area contributed by atoms with Crippen LogP contribution in [0.15, 0.2) is 6.33 Å². The molecule has 20 heavy (non-hydrogen) atoms. The Bertz CT molecular complexity index is 477. The van der Waals surface area contributed by atoms with Gasteiger partial charge in [0.2, 0.25) is 5.91 Å². The van der Waals surface area contributed by atoms with Crippen LogP contribution in [0.2, 0.25) is 0 Å². The number of aromatic nitrogens is 3. The van der Waals surface area contributed by atoms with Gasteiger partial charge in [0.05, 0.1) is 5.25 Å². The molecule has 0 radical (unpaired) electrons. The number of nitrogens with zero attached hydrogens (tertiary/aromatic N) is 4. The molecule has 1 aliphatic carbocycles. The molecule has 1 aromatic rings. The number of amides is 1. The smallest absolute Gasteiger partial charge is 0.235 e. The van der Waals surface area contributed by atoms with Gasteiger partial charge in [0.1, 0.15) is 12.2 Å². The number of rotatable bonds is 4. The van der Waals surface area contributed by atoms with Crippen LogP contribution in [0.4, 0.5) is 0 Å². The second kappa shape index (κ2) is 5.76. The highest BCUT2D eigenvalue weighted by molar-refractivity contribution is 7.99. The molecule has 6 heteroatoms. The van der Waals surface area contributed by atoms with E-state index in [1.807, 2.05) is 24.4 Å². The fraction of sp³-hybridized carbons (Fsp3) is 0.786. The van der Waals surface area contributed by atoms with Gasteiger partial charge in [0.15, 0.2) is 0 Å². The Labute approximate surface area is 124 Å². The predicted octanol–water partition coefficient (Wildman–Crippen LogP) is 2.07. The maximum absolute atomic E-state index is 12.2. The largest absolute Gasteiger partial charge is 0.342 e. The van der Waals surface area contributed by atoms with Crippen molar-refractivity contribution in [1.82, 2.24) is 19.7 Å². The minimum absolute atomic E-state index is 0.0710. The Morgan fingerprint density at radius 2 is 2.05 bits per heavy atom. The molecule has 5 nitrogen and oxygen atoms in total. The fourth-order valence-corrected chi connectivity index (χ4v) is 3.24. The first kappa shape index (κ1) is 13.9. The van der Waals surface area contributed by atoms with Crippen molar-refractivity contribution in [2.45, 2.75) is 49.8 Å². The number of hydrogen-bond donors (Lipinski definition) is 0. The molecular weight excluding hydrogens is 272 g/mol. The highest BCUT2D eigenvalue weighted by Gasteiger charge is 2.32. The lowest BCUT2D eigenvalue weighted by Gasteiger charge is -2.33. The monoisotopic (exact) mass is 294 g/mol. The average molecular weight is 294 g/mol. The summed E-state index contributed by atoms with van der Waals surface area (Å²) in [5, 5.41) is 8.48. The number of carbonyl (C=O) groups is 1. The van der Waals surface area contributed by atoms with Gasteiger partial charge in [0, 0.05) is 25.0 Å². The maximum Gasteiger partial charge on any atom is 0.235 e. The van der Waals surface area contributed by atoms with Crippen LogP contribution in [0.1, 0.15) is 50.4 Å². The normalized spacial score (nSPS) is 22.0. The lowest BCUT2D eigenvalue weighted by atomic mass is 9.95. The predicted molar refractivity (Wildman–Crippen MR) is 79.8 cm³/mol. The Morgan fingerprint density at radius 1 is 1.35 bits per heavy atom. The van der Waals surface area contributed by atoms with E-state index in [9.17, 15) is 4.79 Å². The van der Waals surface area contributed by atoms with Crippen LogP contribution in [-0.2, 0) is 4.79 Å². The molecule has 0 unspecified atom stereocenters. The summed E-state index contributed by atoms with van der Waals surface area (Å²) >= 11 is 1.62. The number of thioether (sulfide) groups is 1. The molecule has 110 valence electrons. The van der Waals surface area contributed by atoms with Gasteiger partial charge in [-0.15, -0.1) is 10.2 Å². The minimum atomic E-state index is 0.0710. The summed E-state index contributed by atoms with van der Waals surface area (Å²) in [6, 6.07) is 0.635. The summed E-state index contributed by atoms with van der Waals surface area (Å²) in [5.41, 5.74) is 0. The second-order valence-corrected chi connectivity index (χ2v) is 6.98. The number of piperidine rings is 1. The molecule has 2 heterocycles. The van der Waals surface area contributed by atoms with Crippen molar-refractivity contribution >= 4 is 17.7 Å². The van der Waals surface area contributed by atoms with Gasteiger partial charge in [-0.05, 0) is 38.9 Å². The van der Waals surface area contributed by atoms with Crippen molar-refractivity contribution in [2.24, 2.45) is 0 Å². The first-order valence-corrected chi connectivity index (χ1v) is 8.70. The number of likely N-dealkylation sites (tertiary alicyclic amines) is 1. The Hall–Kier alpha value is -1.04. The summed E-state index contributed by atoms with van der Waals surface area (Å²) in [6.45, 7) is 3.70. The number of hydrogen-bond acceptors (Lipinski definition) is 4. The van der Waals surface area contributed by atoms with Crippen molar-refractivity contribution in [1.29, 1.82) is 0 Å². The van der Waals surface area contributed by atoms with Crippen LogP contribution in [0.5, 0.6) is 0 Å². The van der Waals surface area contributed by atoms with E-state index in [2.05, 4.69) is 14.8 Å². The van der Waals surface area contributed by atoms with Crippen molar-refractivity contribution in [2.75, 3.05) is 19.3 Å². The summed E-state index contributed by atoms with van der Waals surface area (Å²) in [6.07, 6.45) is 8.41. The second-order valence-electron chi connectivity index (χ2n) is 5.81. The third-order valence-electron chi connectivity index (χ3n) is 4.41. The maximum atomic E-state index is 12.2. The summed E-state index contributed by atoms with van der Waals surface area (Å²) in [7, 11) is 0. The lowest BCUT2D eigenvalue weighted by Crippen LogP contribution is -2.42. The van der Waals surface area contributed by atoms with Crippen LogP contribution < -0.4 is 0 Å². The zero-order chi connectivity index (χ0) is 14.1. The van der Waals surface area contributed by atoms with Gasteiger partial charge in [-0.3, -0.25) is 4.79 Å². The third kappa shape index (κ3) is 2.71. The van der Waals surface area contributed by atoms with E-state index >= 15 is 0 Å². The van der Waals surface area contributed by atoms with E-state index in [1.165, 1.54) is 12.8 Å². The Kier molecular flexibility index (Phi) is 4.01. The molecule has 1 atom stereocenters. The molecule has 2 aliphatic rings. The summed E-state index contributed by atoms with van der Waals surface area (Å²) in [5.74, 6) is 1.88. The number of carbonyl (C=O) groups excluding carboxylic acids is 1.